The number of nitrogens with one attached hydrogen (secondary N) is 1. The van der Waals surface area contributed by atoms with Crippen LogP contribution in [0.2, 0.25) is 0 Å². The molecule has 1 aliphatic rings. The lowest BCUT2D eigenvalue weighted by molar-refractivity contribution is -0.152. The van der Waals surface area contributed by atoms with Crippen molar-refractivity contribution < 1.29 is 29.6 Å². The van der Waals surface area contributed by atoms with Crippen molar-refractivity contribution in [3.05, 3.63) is 0 Å². The predicted molar refractivity (Wildman–Crippen MR) is 53.9 cm³/mol. The molecule has 16 heavy (non-hydrogen) atoms. The molecule has 94 valence electrons. The van der Waals surface area contributed by atoms with Crippen LogP contribution in [0.15, 0.2) is 0 Å². The van der Waals surface area contributed by atoms with Crippen LogP contribution in [0.4, 0.5) is 0 Å². The first-order chi connectivity index (χ1) is 7.24. The zero-order valence-electron chi connectivity index (χ0n) is 9.27. The molecule has 1 rings (SSSR count). The van der Waals surface area contributed by atoms with Crippen LogP contribution < -0.4 is 5.32 Å². The summed E-state index contributed by atoms with van der Waals surface area (Å²) in [7, 11) is 0. The van der Waals surface area contributed by atoms with Gasteiger partial charge in [0.1, 0.15) is 0 Å². The quantitative estimate of drug-likeness (QED) is 0.508. The van der Waals surface area contributed by atoms with Gasteiger partial charge in [0.25, 0.3) is 0 Å². The standard InChI is InChI=1S/C5H11NO.C4H6O5/c1-5(2)3-7-4-6-5;5-2(4(8)9)1-3(6)7/h6H,3-4H2,1-2H3;2,5H,1H2,(H,6,7)(H,8,9). The zero-order valence-corrected chi connectivity index (χ0v) is 9.27. The molecule has 0 saturated carbocycles. The monoisotopic (exact) mass is 235 g/mol. The average Bonchev–Trinajstić information content (AvgIpc) is 2.49. The van der Waals surface area contributed by atoms with Crippen molar-refractivity contribution in [2.24, 2.45) is 0 Å². The fourth-order valence-corrected chi connectivity index (χ4v) is 0.856. The van der Waals surface area contributed by atoms with E-state index in [-0.39, 0.29) is 5.54 Å². The van der Waals surface area contributed by atoms with Crippen molar-refractivity contribution >= 4 is 11.9 Å². The summed E-state index contributed by atoms with van der Waals surface area (Å²) in [5.41, 5.74) is 0.222. The first-order valence-corrected chi connectivity index (χ1v) is 4.70. The highest BCUT2D eigenvalue weighted by Gasteiger charge is 2.21. The molecule has 0 aromatic rings. The van der Waals surface area contributed by atoms with Crippen LogP contribution >= 0.6 is 0 Å². The third-order valence-electron chi connectivity index (χ3n) is 1.77. The lowest BCUT2D eigenvalue weighted by Crippen LogP contribution is -2.34. The lowest BCUT2D eigenvalue weighted by Gasteiger charge is -2.12. The van der Waals surface area contributed by atoms with Gasteiger partial charge in [-0.15, -0.1) is 0 Å². The molecule has 0 aromatic carbocycles. The number of aliphatic hydroxyl groups excluding tert-OH is 1. The minimum Gasteiger partial charge on any atom is -0.481 e. The van der Waals surface area contributed by atoms with Crippen molar-refractivity contribution in [3.63, 3.8) is 0 Å². The fourth-order valence-electron chi connectivity index (χ4n) is 0.856. The van der Waals surface area contributed by atoms with Crippen LogP contribution in [0.3, 0.4) is 0 Å². The first kappa shape index (κ1) is 14.8. The van der Waals surface area contributed by atoms with Gasteiger partial charge in [0.15, 0.2) is 6.10 Å². The number of aliphatic carboxylic acids is 2. The van der Waals surface area contributed by atoms with E-state index >= 15 is 0 Å². The summed E-state index contributed by atoms with van der Waals surface area (Å²) < 4.78 is 5.05. The van der Waals surface area contributed by atoms with Gasteiger partial charge in [0, 0.05) is 5.54 Å². The third-order valence-corrected chi connectivity index (χ3v) is 1.77. The summed E-state index contributed by atoms with van der Waals surface area (Å²) in [6, 6.07) is 0. The molecule has 0 amide bonds. The lowest BCUT2D eigenvalue weighted by atomic mass is 10.1. The summed E-state index contributed by atoms with van der Waals surface area (Å²) in [6.07, 6.45) is -2.54. The summed E-state index contributed by atoms with van der Waals surface area (Å²) in [6.45, 7) is 5.81. The number of aliphatic hydroxyl groups is 1. The normalized spacial score (nSPS) is 19.4. The van der Waals surface area contributed by atoms with Gasteiger partial charge in [0.2, 0.25) is 0 Å². The van der Waals surface area contributed by atoms with E-state index in [1.807, 2.05) is 0 Å². The molecular formula is C9H17NO6. The van der Waals surface area contributed by atoms with Crippen LogP contribution in [0.25, 0.3) is 0 Å². The minimum absolute atomic E-state index is 0.222. The third kappa shape index (κ3) is 7.16. The molecule has 0 bridgehead atoms. The molecule has 7 heteroatoms. The Labute approximate surface area is 93.0 Å². The second-order valence-corrected chi connectivity index (χ2v) is 4.01. The Kier molecular flexibility index (Phi) is 5.94. The number of hydrogen-bond donors (Lipinski definition) is 4. The molecular weight excluding hydrogens is 218 g/mol. The van der Waals surface area contributed by atoms with Crippen LogP contribution in [-0.4, -0.2) is 52.2 Å². The van der Waals surface area contributed by atoms with Crippen molar-refractivity contribution in [3.8, 4) is 0 Å². The highest BCUT2D eigenvalue weighted by atomic mass is 16.5. The van der Waals surface area contributed by atoms with Crippen molar-refractivity contribution in [1.29, 1.82) is 0 Å². The number of carboxylic acids is 2. The maximum atomic E-state index is 9.72. The topological polar surface area (TPSA) is 116 Å². The average molecular weight is 235 g/mol. The Morgan fingerprint density at radius 2 is 2.00 bits per heavy atom. The van der Waals surface area contributed by atoms with Gasteiger partial charge < -0.3 is 20.1 Å². The zero-order chi connectivity index (χ0) is 12.8. The number of carbonyl (C=O) groups is 2. The summed E-state index contributed by atoms with van der Waals surface area (Å²) >= 11 is 0. The van der Waals surface area contributed by atoms with E-state index in [4.69, 9.17) is 20.1 Å². The van der Waals surface area contributed by atoms with E-state index < -0.39 is 24.5 Å². The molecule has 1 saturated heterocycles. The van der Waals surface area contributed by atoms with Gasteiger partial charge in [-0.3, -0.25) is 10.1 Å². The summed E-state index contributed by atoms with van der Waals surface area (Å²) in [4.78, 5) is 19.4. The van der Waals surface area contributed by atoms with Crippen LogP contribution in [0, 0.1) is 0 Å². The Balaban J connectivity index is 0.000000288. The second-order valence-electron chi connectivity index (χ2n) is 4.01. The molecule has 0 aromatic heterocycles. The Morgan fingerprint density at radius 1 is 1.44 bits per heavy atom. The van der Waals surface area contributed by atoms with Crippen LogP contribution in [0.5, 0.6) is 0 Å². The molecule has 4 N–H and O–H groups in total. The number of carboxylic acid groups (broad SMARTS) is 2. The molecule has 1 aliphatic heterocycles. The van der Waals surface area contributed by atoms with Gasteiger partial charge in [-0.2, -0.15) is 0 Å². The Bertz CT molecular complexity index is 244. The number of ether oxygens (including phenoxy) is 1. The van der Waals surface area contributed by atoms with E-state index in [9.17, 15) is 9.59 Å². The van der Waals surface area contributed by atoms with E-state index in [0.717, 1.165) is 6.61 Å². The van der Waals surface area contributed by atoms with E-state index in [1.54, 1.807) is 0 Å². The van der Waals surface area contributed by atoms with E-state index in [1.165, 1.54) is 0 Å². The molecule has 1 atom stereocenters. The molecule has 1 heterocycles. The summed E-state index contributed by atoms with van der Waals surface area (Å²) in [5, 5.41) is 27.3. The molecule has 0 aliphatic carbocycles. The fraction of sp³-hybridized carbons (Fsp3) is 0.778. The first-order valence-electron chi connectivity index (χ1n) is 4.70. The molecule has 1 fully saturated rings. The number of rotatable bonds is 3. The number of hydrogen-bond acceptors (Lipinski definition) is 5. The minimum atomic E-state index is -1.79. The largest absolute Gasteiger partial charge is 0.481 e. The van der Waals surface area contributed by atoms with Crippen molar-refractivity contribution in [2.45, 2.75) is 31.9 Å². The SMILES string of the molecule is CC1(C)COCN1.O=C(O)CC(O)C(=O)O. The van der Waals surface area contributed by atoms with Gasteiger partial charge in [-0.25, -0.2) is 4.79 Å². The maximum absolute atomic E-state index is 9.72. The van der Waals surface area contributed by atoms with Crippen LogP contribution in [0.1, 0.15) is 20.3 Å². The van der Waals surface area contributed by atoms with E-state index in [0.29, 0.717) is 6.73 Å². The highest BCUT2D eigenvalue weighted by Crippen LogP contribution is 2.06. The maximum Gasteiger partial charge on any atom is 0.333 e. The van der Waals surface area contributed by atoms with Crippen LogP contribution in [-0.2, 0) is 14.3 Å². The molecule has 0 spiro atoms. The van der Waals surface area contributed by atoms with Crippen molar-refractivity contribution in [2.75, 3.05) is 13.3 Å². The second kappa shape index (κ2) is 6.41. The van der Waals surface area contributed by atoms with Crippen molar-refractivity contribution in [1.82, 2.24) is 5.32 Å². The Morgan fingerprint density at radius 3 is 2.12 bits per heavy atom. The van der Waals surface area contributed by atoms with Gasteiger partial charge in [-0.1, -0.05) is 0 Å². The predicted octanol–water partition coefficient (Wildman–Crippen LogP) is -0.751. The van der Waals surface area contributed by atoms with Gasteiger partial charge >= 0.3 is 11.9 Å². The van der Waals surface area contributed by atoms with E-state index in [2.05, 4.69) is 19.2 Å². The Hall–Kier alpha value is -1.18. The molecule has 0 radical (unpaired) electrons. The smallest absolute Gasteiger partial charge is 0.333 e. The van der Waals surface area contributed by atoms with Gasteiger partial charge in [0.05, 0.1) is 19.8 Å². The molecule has 1 unspecified atom stereocenters. The summed E-state index contributed by atoms with van der Waals surface area (Å²) in [5.74, 6) is -2.85. The molecule has 7 nitrogen and oxygen atoms in total. The highest BCUT2D eigenvalue weighted by molar-refractivity contribution is 5.79. The van der Waals surface area contributed by atoms with Gasteiger partial charge in [-0.05, 0) is 13.8 Å².